The molecule has 9 nitrogen and oxygen atoms in total. The summed E-state index contributed by atoms with van der Waals surface area (Å²) >= 11 is 0. The Morgan fingerprint density at radius 1 is 1.26 bits per heavy atom. The second-order valence-corrected chi connectivity index (χ2v) is 7.91. The van der Waals surface area contributed by atoms with Gasteiger partial charge in [-0.25, -0.2) is 19.8 Å². The summed E-state index contributed by atoms with van der Waals surface area (Å²) in [6.07, 6.45) is 7.26. The molecule has 3 N–H and O–H groups in total. The highest BCUT2D eigenvalue weighted by Gasteiger charge is 2.25. The highest BCUT2D eigenvalue weighted by molar-refractivity contribution is 6.10. The van der Waals surface area contributed by atoms with Gasteiger partial charge in [-0.2, -0.15) is 0 Å². The van der Waals surface area contributed by atoms with Crippen LogP contribution < -0.4 is 10.6 Å². The molecule has 3 heterocycles. The number of carbonyl (C=O) groups is 1. The summed E-state index contributed by atoms with van der Waals surface area (Å²) in [7, 11) is 3.06. The Hall–Kier alpha value is -3.98. The zero-order valence-electron chi connectivity index (χ0n) is 19.3. The molecule has 1 saturated heterocycles. The van der Waals surface area contributed by atoms with Gasteiger partial charge in [-0.15, -0.1) is 0 Å². The number of benzene rings is 1. The summed E-state index contributed by atoms with van der Waals surface area (Å²) in [5.74, 6) is 1.53. The number of nitrogens with one attached hydrogen (secondary N) is 1. The Bertz CT molecular complexity index is 1190. The van der Waals surface area contributed by atoms with Crippen molar-refractivity contribution in [3.8, 4) is 0 Å². The third-order valence-corrected chi connectivity index (χ3v) is 5.64. The van der Waals surface area contributed by atoms with E-state index in [2.05, 4.69) is 14.9 Å². The molecule has 2 aromatic heterocycles. The minimum atomic E-state index is -0.427. The molecule has 0 radical (unpaired) electrons. The number of carbonyl (C=O) groups excluding carboxylic acids is 1. The van der Waals surface area contributed by atoms with Crippen molar-refractivity contribution < 1.29 is 14.3 Å². The van der Waals surface area contributed by atoms with Gasteiger partial charge in [0.25, 0.3) is 0 Å². The standard InChI is InChI=1S/C25H28N6O3/c1-33-16-19-8-5-13-31(19)23-10-4-9-22(30-23)29-21(24-27-11-12-28-24)15-20(26)17-6-3-7-18(14-17)25(32)34-2/h3-4,6-7,9-12,14-15,19H,5,8,13,16,26H2,1-2H3,(H,27,28)/b20-15-,29-21?. The van der Waals surface area contributed by atoms with Crippen LogP contribution in [0.4, 0.5) is 11.6 Å². The molecule has 34 heavy (non-hydrogen) atoms. The van der Waals surface area contributed by atoms with Crippen LogP contribution in [0.2, 0.25) is 0 Å². The fourth-order valence-corrected chi connectivity index (χ4v) is 3.99. The first-order valence-corrected chi connectivity index (χ1v) is 11.1. The first-order chi connectivity index (χ1) is 16.6. The van der Waals surface area contributed by atoms with Crippen molar-refractivity contribution in [1.82, 2.24) is 15.0 Å². The van der Waals surface area contributed by atoms with Gasteiger partial charge in [0.05, 0.1) is 25.3 Å². The maximum atomic E-state index is 11.9. The van der Waals surface area contributed by atoms with Crippen LogP contribution in [0.25, 0.3) is 5.70 Å². The number of ether oxygens (including phenoxy) is 2. The average molecular weight is 461 g/mol. The molecule has 1 atom stereocenters. The topological polar surface area (TPSA) is 119 Å². The SMILES string of the molecule is COCC1CCCN1c1cccc(N=C(/C=C(\N)c2cccc(C(=O)OC)c2)c2ncc[nH]2)n1. The molecule has 0 amide bonds. The highest BCUT2D eigenvalue weighted by atomic mass is 16.5. The average Bonchev–Trinajstić information content (AvgIpc) is 3.56. The Morgan fingerprint density at radius 2 is 2.09 bits per heavy atom. The van der Waals surface area contributed by atoms with Crippen molar-refractivity contribution in [2.75, 3.05) is 32.3 Å². The van der Waals surface area contributed by atoms with Crippen molar-refractivity contribution in [3.05, 3.63) is 77.9 Å². The lowest BCUT2D eigenvalue weighted by Crippen LogP contribution is -2.33. The number of rotatable bonds is 8. The molecule has 0 aliphatic carbocycles. The van der Waals surface area contributed by atoms with Crippen molar-refractivity contribution in [1.29, 1.82) is 0 Å². The van der Waals surface area contributed by atoms with E-state index in [4.69, 9.17) is 25.2 Å². The Kier molecular flexibility index (Phi) is 7.34. The molecular formula is C25H28N6O3. The molecule has 1 fully saturated rings. The number of imidazole rings is 1. The summed E-state index contributed by atoms with van der Waals surface area (Å²) in [6.45, 7) is 1.60. The minimum Gasteiger partial charge on any atom is -0.465 e. The number of pyridine rings is 1. The van der Waals surface area contributed by atoms with Crippen LogP contribution >= 0.6 is 0 Å². The van der Waals surface area contributed by atoms with Gasteiger partial charge in [0.15, 0.2) is 11.6 Å². The van der Waals surface area contributed by atoms with E-state index < -0.39 is 5.97 Å². The van der Waals surface area contributed by atoms with Gasteiger partial charge in [-0.05, 0) is 48.7 Å². The number of hydrogen-bond acceptors (Lipinski definition) is 8. The number of aromatic amines is 1. The number of hydrogen-bond donors (Lipinski definition) is 2. The van der Waals surface area contributed by atoms with E-state index in [1.807, 2.05) is 24.3 Å². The lowest BCUT2D eigenvalue weighted by Gasteiger charge is -2.25. The van der Waals surface area contributed by atoms with E-state index >= 15 is 0 Å². The molecule has 0 bridgehead atoms. The Balaban J connectivity index is 1.68. The van der Waals surface area contributed by atoms with Crippen molar-refractivity contribution >= 4 is 29.0 Å². The molecular weight excluding hydrogens is 432 g/mol. The Labute approximate surface area is 198 Å². The lowest BCUT2D eigenvalue weighted by molar-refractivity contribution is 0.0600. The van der Waals surface area contributed by atoms with Crippen LogP contribution in [0.1, 0.15) is 34.6 Å². The van der Waals surface area contributed by atoms with E-state index in [0.29, 0.717) is 46.8 Å². The van der Waals surface area contributed by atoms with Crippen molar-refractivity contribution in [2.24, 2.45) is 10.7 Å². The maximum Gasteiger partial charge on any atom is 0.337 e. The molecule has 4 rings (SSSR count). The first-order valence-electron chi connectivity index (χ1n) is 11.1. The van der Waals surface area contributed by atoms with Crippen molar-refractivity contribution in [3.63, 3.8) is 0 Å². The molecule has 1 aromatic carbocycles. The zero-order valence-corrected chi connectivity index (χ0v) is 19.3. The van der Waals surface area contributed by atoms with Gasteiger partial charge >= 0.3 is 5.97 Å². The number of anilines is 1. The van der Waals surface area contributed by atoms with Gasteiger partial charge in [0.2, 0.25) is 0 Å². The van der Waals surface area contributed by atoms with Crippen LogP contribution in [0, 0.1) is 0 Å². The van der Waals surface area contributed by atoms with Crippen LogP contribution in [0.5, 0.6) is 0 Å². The summed E-state index contributed by atoms with van der Waals surface area (Å²) in [4.78, 5) is 31.1. The summed E-state index contributed by atoms with van der Waals surface area (Å²) in [5, 5.41) is 0. The third-order valence-electron chi connectivity index (χ3n) is 5.64. The van der Waals surface area contributed by atoms with Crippen LogP contribution in [-0.2, 0) is 9.47 Å². The summed E-state index contributed by atoms with van der Waals surface area (Å²) < 4.78 is 10.2. The molecule has 1 aliphatic heterocycles. The summed E-state index contributed by atoms with van der Waals surface area (Å²) in [5.41, 5.74) is 8.42. The number of nitrogens with two attached hydrogens (primary N) is 1. The molecule has 176 valence electrons. The van der Waals surface area contributed by atoms with Gasteiger partial charge in [0, 0.05) is 31.7 Å². The normalized spacial score (nSPS) is 16.6. The highest BCUT2D eigenvalue weighted by Crippen LogP contribution is 2.26. The number of H-pyrrole nitrogens is 1. The van der Waals surface area contributed by atoms with Gasteiger partial charge in [0.1, 0.15) is 11.5 Å². The monoisotopic (exact) mass is 460 g/mol. The predicted octanol–water partition coefficient (Wildman–Crippen LogP) is 3.33. The Morgan fingerprint density at radius 3 is 2.85 bits per heavy atom. The van der Waals surface area contributed by atoms with Gasteiger partial charge in [-0.1, -0.05) is 18.2 Å². The lowest BCUT2D eigenvalue weighted by atomic mass is 10.1. The molecule has 9 heteroatoms. The first kappa shape index (κ1) is 23.2. The molecule has 1 unspecified atom stereocenters. The number of methoxy groups -OCH3 is 2. The van der Waals surface area contributed by atoms with E-state index in [-0.39, 0.29) is 0 Å². The number of allylic oxidation sites excluding steroid dienone is 1. The minimum absolute atomic E-state index is 0.305. The number of aliphatic imine (C=N–C) groups is 1. The molecule has 0 saturated carbocycles. The number of aromatic nitrogens is 3. The quantitative estimate of drug-likeness (QED) is 0.391. The second kappa shape index (κ2) is 10.8. The summed E-state index contributed by atoms with van der Waals surface area (Å²) in [6, 6.07) is 13.0. The van der Waals surface area contributed by atoms with E-state index in [0.717, 1.165) is 25.2 Å². The number of nitrogens with zero attached hydrogens (tertiary/aromatic N) is 4. The van der Waals surface area contributed by atoms with E-state index in [1.165, 1.54) is 7.11 Å². The van der Waals surface area contributed by atoms with Crippen LogP contribution in [-0.4, -0.2) is 60.0 Å². The molecule has 3 aromatic rings. The van der Waals surface area contributed by atoms with Crippen molar-refractivity contribution in [2.45, 2.75) is 18.9 Å². The van der Waals surface area contributed by atoms with Crippen LogP contribution in [0.3, 0.4) is 0 Å². The van der Waals surface area contributed by atoms with Gasteiger partial charge < -0.3 is 25.1 Å². The number of esters is 1. The smallest absolute Gasteiger partial charge is 0.337 e. The fraction of sp³-hybridized carbons (Fsp3) is 0.280. The fourth-order valence-electron chi connectivity index (χ4n) is 3.99. The van der Waals surface area contributed by atoms with Crippen LogP contribution in [0.15, 0.2) is 65.9 Å². The zero-order chi connectivity index (χ0) is 23.9. The van der Waals surface area contributed by atoms with Gasteiger partial charge in [-0.3, -0.25) is 0 Å². The maximum absolute atomic E-state index is 11.9. The third kappa shape index (κ3) is 5.32. The predicted molar refractivity (Wildman–Crippen MR) is 131 cm³/mol. The molecule has 0 spiro atoms. The largest absolute Gasteiger partial charge is 0.465 e. The second-order valence-electron chi connectivity index (χ2n) is 7.91. The molecule has 1 aliphatic rings. The van der Waals surface area contributed by atoms with E-state index in [9.17, 15) is 4.79 Å². The van der Waals surface area contributed by atoms with E-state index in [1.54, 1.807) is 43.8 Å².